The lowest BCUT2D eigenvalue weighted by molar-refractivity contribution is -0.138. The van der Waals surface area contributed by atoms with Crippen LogP contribution in [0.2, 0.25) is 0 Å². The van der Waals surface area contributed by atoms with E-state index >= 15 is 0 Å². The molecule has 1 aliphatic rings. The van der Waals surface area contributed by atoms with Gasteiger partial charge in [0, 0.05) is 22.0 Å². The summed E-state index contributed by atoms with van der Waals surface area (Å²) in [7, 11) is 1.44. The number of thioether (sulfide) groups is 1. The molecule has 9 nitrogen and oxygen atoms in total. The second-order valence-corrected chi connectivity index (χ2v) is 12.1. The van der Waals surface area contributed by atoms with Crippen LogP contribution < -0.4 is 9.64 Å². The first kappa shape index (κ1) is 33.4. The number of nitriles is 1. The normalized spacial score (nSPS) is 14.6. The molecule has 0 spiro atoms. The highest BCUT2D eigenvalue weighted by molar-refractivity contribution is 9.10. The molecule has 1 saturated heterocycles. The monoisotopic (exact) mass is 723 g/mol. The molecule has 238 valence electrons. The summed E-state index contributed by atoms with van der Waals surface area (Å²) in [6.45, 7) is -0.501. The number of imide groups is 1. The van der Waals surface area contributed by atoms with Gasteiger partial charge in [0.05, 0.1) is 40.4 Å². The minimum Gasteiger partial charge on any atom is -0.497 e. The zero-order chi connectivity index (χ0) is 33.9. The summed E-state index contributed by atoms with van der Waals surface area (Å²) in [6.07, 6.45) is -5.27. The van der Waals surface area contributed by atoms with Crippen molar-refractivity contribution in [2.75, 3.05) is 18.6 Å². The topological polar surface area (TPSA) is 127 Å². The number of amides is 2. The maximum Gasteiger partial charge on any atom is 0.417 e. The summed E-state index contributed by atoms with van der Waals surface area (Å²) in [6, 6.07) is 20.2. The average Bonchev–Trinajstić information content (AvgIpc) is 3.34. The molecule has 0 radical (unpaired) electrons. The van der Waals surface area contributed by atoms with Crippen molar-refractivity contribution < 1.29 is 41.8 Å². The van der Waals surface area contributed by atoms with E-state index in [4.69, 9.17) is 9.47 Å². The number of hydrogen-bond donors (Lipinski definition) is 0. The first-order chi connectivity index (χ1) is 22.4. The van der Waals surface area contributed by atoms with Gasteiger partial charge in [-0.05, 0) is 66.7 Å². The van der Waals surface area contributed by atoms with Crippen LogP contribution in [-0.4, -0.2) is 47.5 Å². The highest BCUT2D eigenvalue weighted by atomic mass is 79.9. The van der Waals surface area contributed by atoms with Crippen LogP contribution in [0.5, 0.6) is 5.75 Å². The standard InChI is InChI=1S/C33H21BrF3N3O6S/c1-45-23-12-6-18(7-13-23)26-14-25(33(35,36)37)24(16-38)30(39-26)47-28-15-29(42)40(31(28)43)22-10-4-20(5-11-22)32(44)46-17-27(41)19-2-8-21(34)9-3-19/h2-14,28H,15,17H2,1H3. The third-order valence-corrected chi connectivity index (χ3v) is 8.71. The van der Waals surface area contributed by atoms with Crippen molar-refractivity contribution in [2.24, 2.45) is 0 Å². The lowest BCUT2D eigenvalue weighted by Gasteiger charge is -2.17. The molecule has 0 aliphatic carbocycles. The number of halogens is 4. The Hall–Kier alpha value is -5.00. The number of nitrogens with zero attached hydrogens (tertiary/aromatic N) is 3. The Morgan fingerprint density at radius 3 is 2.26 bits per heavy atom. The van der Waals surface area contributed by atoms with Crippen LogP contribution in [-0.2, 0) is 20.5 Å². The van der Waals surface area contributed by atoms with Gasteiger partial charge in [0.1, 0.15) is 16.8 Å². The summed E-state index contributed by atoms with van der Waals surface area (Å²) in [5, 5.41) is 8.15. The van der Waals surface area contributed by atoms with Crippen molar-refractivity contribution >= 4 is 56.9 Å². The van der Waals surface area contributed by atoms with Crippen molar-refractivity contribution in [3.63, 3.8) is 0 Å². The molecule has 1 unspecified atom stereocenters. The van der Waals surface area contributed by atoms with Gasteiger partial charge in [-0.3, -0.25) is 14.4 Å². The number of carbonyl (C=O) groups excluding carboxylic acids is 4. The molecule has 1 aromatic heterocycles. The van der Waals surface area contributed by atoms with Crippen LogP contribution in [0.4, 0.5) is 18.9 Å². The quantitative estimate of drug-likeness (QED) is 0.103. The number of pyridine rings is 1. The van der Waals surface area contributed by atoms with Gasteiger partial charge in [-0.2, -0.15) is 18.4 Å². The van der Waals surface area contributed by atoms with Crippen LogP contribution in [0.25, 0.3) is 11.3 Å². The maximum absolute atomic E-state index is 14.0. The van der Waals surface area contributed by atoms with Crippen molar-refractivity contribution in [2.45, 2.75) is 22.9 Å². The van der Waals surface area contributed by atoms with Crippen molar-refractivity contribution in [3.05, 3.63) is 106 Å². The van der Waals surface area contributed by atoms with E-state index in [1.165, 1.54) is 43.5 Å². The molecule has 1 aliphatic heterocycles. The number of ketones is 1. The highest BCUT2D eigenvalue weighted by Crippen LogP contribution is 2.41. The summed E-state index contributed by atoms with van der Waals surface area (Å²) in [5.41, 5.74) is -1.24. The van der Waals surface area contributed by atoms with Crippen molar-refractivity contribution in [3.8, 4) is 23.1 Å². The molecule has 2 heterocycles. The van der Waals surface area contributed by atoms with E-state index in [0.717, 1.165) is 15.4 Å². The van der Waals surface area contributed by atoms with Crippen LogP contribution in [0.15, 0.2) is 88.4 Å². The van der Waals surface area contributed by atoms with Crippen LogP contribution in [0.3, 0.4) is 0 Å². The van der Waals surface area contributed by atoms with Gasteiger partial charge in [-0.15, -0.1) is 0 Å². The molecule has 0 saturated carbocycles. The predicted octanol–water partition coefficient (Wildman–Crippen LogP) is 6.87. The van der Waals surface area contributed by atoms with Crippen molar-refractivity contribution in [1.29, 1.82) is 5.26 Å². The van der Waals surface area contributed by atoms with Gasteiger partial charge in [-0.25, -0.2) is 14.7 Å². The lowest BCUT2D eigenvalue weighted by Crippen LogP contribution is -2.31. The van der Waals surface area contributed by atoms with Crippen molar-refractivity contribution in [1.82, 2.24) is 4.98 Å². The molecule has 4 aromatic rings. The van der Waals surface area contributed by atoms with Gasteiger partial charge in [0.25, 0.3) is 0 Å². The van der Waals surface area contributed by atoms with Crippen LogP contribution >= 0.6 is 27.7 Å². The zero-order valence-corrected chi connectivity index (χ0v) is 26.6. The molecule has 1 atom stereocenters. The SMILES string of the molecule is COc1ccc(-c2cc(C(F)(F)F)c(C#N)c(SC3CC(=O)N(c4ccc(C(=O)OCC(=O)c5ccc(Br)cc5)cc4)C3=O)n2)cc1. The molecule has 2 amide bonds. The van der Waals surface area contributed by atoms with Gasteiger partial charge in [-0.1, -0.05) is 39.8 Å². The average molecular weight is 725 g/mol. The molecule has 0 N–H and O–H groups in total. The number of rotatable bonds is 9. The van der Waals surface area contributed by atoms with Gasteiger partial charge < -0.3 is 9.47 Å². The molecule has 1 fully saturated rings. The molecule has 5 rings (SSSR count). The zero-order valence-electron chi connectivity index (χ0n) is 24.2. The Morgan fingerprint density at radius 2 is 1.66 bits per heavy atom. The number of ether oxygens (including phenoxy) is 2. The third-order valence-electron chi connectivity index (χ3n) is 7.01. The molecule has 14 heteroatoms. The van der Waals surface area contributed by atoms with E-state index < -0.39 is 52.7 Å². The predicted molar refractivity (Wildman–Crippen MR) is 168 cm³/mol. The Labute approximate surface area is 278 Å². The molecule has 47 heavy (non-hydrogen) atoms. The fraction of sp³-hybridized carbons (Fsp3) is 0.152. The van der Waals surface area contributed by atoms with E-state index in [1.807, 2.05) is 0 Å². The van der Waals surface area contributed by atoms with E-state index in [-0.39, 0.29) is 28.4 Å². The number of esters is 1. The maximum atomic E-state index is 14.0. The smallest absolute Gasteiger partial charge is 0.417 e. The molecular weight excluding hydrogens is 703 g/mol. The molecule has 0 bridgehead atoms. The second kappa shape index (κ2) is 13.8. The molecule has 3 aromatic carbocycles. The number of anilines is 1. The van der Waals surface area contributed by atoms with Crippen LogP contribution in [0, 0.1) is 11.3 Å². The largest absolute Gasteiger partial charge is 0.497 e. The lowest BCUT2D eigenvalue weighted by atomic mass is 10.1. The summed E-state index contributed by atoms with van der Waals surface area (Å²) in [4.78, 5) is 56.3. The Kier molecular flexibility index (Phi) is 9.78. The summed E-state index contributed by atoms with van der Waals surface area (Å²) >= 11 is 3.87. The number of alkyl halides is 3. The Balaban J connectivity index is 1.33. The second-order valence-electron chi connectivity index (χ2n) is 10.0. The summed E-state index contributed by atoms with van der Waals surface area (Å²) < 4.78 is 53.1. The van der Waals surface area contributed by atoms with E-state index in [1.54, 1.807) is 42.5 Å². The number of aromatic nitrogens is 1. The van der Waals surface area contributed by atoms with Gasteiger partial charge in [0.2, 0.25) is 11.8 Å². The highest BCUT2D eigenvalue weighted by Gasteiger charge is 2.42. The fourth-order valence-electron chi connectivity index (χ4n) is 4.63. The van der Waals surface area contributed by atoms with Gasteiger partial charge >= 0.3 is 12.1 Å². The fourth-order valence-corrected chi connectivity index (χ4v) is 6.02. The Morgan fingerprint density at radius 1 is 1.02 bits per heavy atom. The van der Waals surface area contributed by atoms with E-state index in [2.05, 4.69) is 20.9 Å². The molecular formula is C33H21BrF3N3O6S. The number of benzene rings is 3. The number of Topliss-reactive ketones (excluding diaryl/α,β-unsaturated/α-hetero) is 1. The third kappa shape index (κ3) is 7.37. The van der Waals surface area contributed by atoms with E-state index in [9.17, 15) is 37.6 Å². The van der Waals surface area contributed by atoms with E-state index in [0.29, 0.717) is 28.6 Å². The van der Waals surface area contributed by atoms with Crippen LogP contribution in [0.1, 0.15) is 38.3 Å². The van der Waals surface area contributed by atoms with Gasteiger partial charge in [0.15, 0.2) is 12.4 Å². The number of methoxy groups -OCH3 is 1. The first-order valence-electron chi connectivity index (χ1n) is 13.7. The summed E-state index contributed by atoms with van der Waals surface area (Å²) in [5.74, 6) is -2.11. The minimum absolute atomic E-state index is 0.0558. The first-order valence-corrected chi connectivity index (χ1v) is 15.3. The Bertz CT molecular complexity index is 1910. The minimum atomic E-state index is -4.90. The number of carbonyl (C=O) groups is 4. The number of hydrogen-bond acceptors (Lipinski definition) is 9.